The van der Waals surface area contributed by atoms with Crippen molar-refractivity contribution in [2.24, 2.45) is 11.8 Å². The molecule has 0 aliphatic rings. The molecule has 0 aromatic carbocycles. The van der Waals surface area contributed by atoms with E-state index < -0.39 is 11.9 Å². The third-order valence-corrected chi connectivity index (χ3v) is 3.30. The van der Waals surface area contributed by atoms with E-state index in [9.17, 15) is 9.59 Å². The van der Waals surface area contributed by atoms with E-state index in [4.69, 9.17) is 0 Å². The second kappa shape index (κ2) is 6.39. The van der Waals surface area contributed by atoms with Crippen LogP contribution in [-0.2, 0) is 20.9 Å². The van der Waals surface area contributed by atoms with Crippen molar-refractivity contribution in [3.8, 4) is 0 Å². The molecule has 1 rings (SSSR count). The predicted molar refractivity (Wildman–Crippen MR) is 66.5 cm³/mol. The van der Waals surface area contributed by atoms with Crippen LogP contribution in [0.15, 0.2) is 17.5 Å². The van der Waals surface area contributed by atoms with E-state index in [2.05, 4.69) is 10.1 Å². The summed E-state index contributed by atoms with van der Waals surface area (Å²) >= 11 is 1.57. The fraction of sp³-hybridized carbons (Fsp3) is 0.500. The van der Waals surface area contributed by atoms with Gasteiger partial charge in [0.15, 0.2) is 0 Å². The summed E-state index contributed by atoms with van der Waals surface area (Å²) in [5.74, 6) is -1.57. The lowest BCUT2D eigenvalue weighted by molar-refractivity contribution is -0.151. The number of carbonyl (C=O) groups is 2. The molecule has 1 atom stereocenters. The van der Waals surface area contributed by atoms with Crippen molar-refractivity contribution < 1.29 is 14.3 Å². The zero-order valence-electron chi connectivity index (χ0n) is 10.2. The highest BCUT2D eigenvalue weighted by molar-refractivity contribution is 7.09. The molecular weight excluding hydrogens is 238 g/mol. The molecule has 0 aliphatic carbocycles. The number of esters is 1. The van der Waals surface area contributed by atoms with Crippen molar-refractivity contribution in [3.63, 3.8) is 0 Å². The first kappa shape index (κ1) is 13.7. The monoisotopic (exact) mass is 255 g/mol. The molecule has 0 saturated carbocycles. The number of methoxy groups -OCH3 is 1. The van der Waals surface area contributed by atoms with E-state index in [0.717, 1.165) is 4.88 Å². The van der Waals surface area contributed by atoms with Gasteiger partial charge in [-0.3, -0.25) is 9.59 Å². The van der Waals surface area contributed by atoms with Gasteiger partial charge in [-0.1, -0.05) is 19.9 Å². The van der Waals surface area contributed by atoms with Crippen molar-refractivity contribution in [2.75, 3.05) is 7.11 Å². The highest BCUT2D eigenvalue weighted by atomic mass is 32.1. The third kappa shape index (κ3) is 3.85. The number of ether oxygens (including phenoxy) is 1. The van der Waals surface area contributed by atoms with Crippen molar-refractivity contribution in [1.29, 1.82) is 0 Å². The lowest BCUT2D eigenvalue weighted by Gasteiger charge is -2.17. The van der Waals surface area contributed by atoms with Crippen LogP contribution in [0.4, 0.5) is 0 Å². The summed E-state index contributed by atoms with van der Waals surface area (Å²) in [4.78, 5) is 24.4. The van der Waals surface area contributed by atoms with Crippen molar-refractivity contribution in [1.82, 2.24) is 5.32 Å². The van der Waals surface area contributed by atoms with Gasteiger partial charge in [0.1, 0.15) is 5.92 Å². The van der Waals surface area contributed by atoms with Crippen LogP contribution in [0.2, 0.25) is 0 Å². The molecular formula is C12H17NO3S. The Morgan fingerprint density at radius 3 is 2.65 bits per heavy atom. The number of hydrogen-bond donors (Lipinski definition) is 1. The third-order valence-electron chi connectivity index (χ3n) is 2.42. The van der Waals surface area contributed by atoms with Crippen LogP contribution >= 0.6 is 11.3 Å². The first-order valence-electron chi connectivity index (χ1n) is 5.44. The topological polar surface area (TPSA) is 55.4 Å². The van der Waals surface area contributed by atoms with Gasteiger partial charge >= 0.3 is 5.97 Å². The number of hydrogen-bond acceptors (Lipinski definition) is 4. The van der Waals surface area contributed by atoms with Crippen LogP contribution in [-0.4, -0.2) is 19.0 Å². The highest BCUT2D eigenvalue weighted by Gasteiger charge is 2.30. The van der Waals surface area contributed by atoms with Gasteiger partial charge in [-0.15, -0.1) is 11.3 Å². The van der Waals surface area contributed by atoms with E-state index in [1.54, 1.807) is 11.3 Å². The molecule has 94 valence electrons. The fourth-order valence-electron chi connectivity index (χ4n) is 1.51. The lowest BCUT2D eigenvalue weighted by Crippen LogP contribution is -2.38. The van der Waals surface area contributed by atoms with Gasteiger partial charge in [0.05, 0.1) is 13.7 Å². The molecule has 17 heavy (non-hydrogen) atoms. The lowest BCUT2D eigenvalue weighted by atomic mass is 9.95. The van der Waals surface area contributed by atoms with E-state index >= 15 is 0 Å². The van der Waals surface area contributed by atoms with Gasteiger partial charge in [-0.05, 0) is 17.4 Å². The molecule has 0 radical (unpaired) electrons. The van der Waals surface area contributed by atoms with Crippen LogP contribution in [0.25, 0.3) is 0 Å². The Labute approximate surface area is 105 Å². The second-order valence-electron chi connectivity index (χ2n) is 4.04. The molecule has 1 aromatic heterocycles. The minimum Gasteiger partial charge on any atom is -0.468 e. The minimum atomic E-state index is -0.736. The quantitative estimate of drug-likeness (QED) is 0.645. The first-order chi connectivity index (χ1) is 8.06. The van der Waals surface area contributed by atoms with Crippen LogP contribution < -0.4 is 5.32 Å². The van der Waals surface area contributed by atoms with E-state index in [1.807, 2.05) is 31.4 Å². The maximum Gasteiger partial charge on any atom is 0.318 e. The molecule has 4 nitrogen and oxygen atoms in total. The Balaban J connectivity index is 2.57. The predicted octanol–water partition coefficient (Wildman–Crippen LogP) is 1.81. The number of thiophene rings is 1. The summed E-state index contributed by atoms with van der Waals surface area (Å²) < 4.78 is 4.63. The highest BCUT2D eigenvalue weighted by Crippen LogP contribution is 2.14. The molecule has 1 unspecified atom stereocenters. The minimum absolute atomic E-state index is 0.0780. The smallest absolute Gasteiger partial charge is 0.318 e. The SMILES string of the molecule is COC(=O)C(C(=O)NCc1cccs1)C(C)C. The normalized spacial score (nSPS) is 12.2. The Hall–Kier alpha value is -1.36. The number of amides is 1. The fourth-order valence-corrected chi connectivity index (χ4v) is 2.15. The molecule has 0 aliphatic heterocycles. The molecule has 5 heteroatoms. The summed E-state index contributed by atoms with van der Waals surface area (Å²) in [5.41, 5.74) is 0. The molecule has 1 N–H and O–H groups in total. The van der Waals surface area contributed by atoms with Crippen LogP contribution in [0, 0.1) is 11.8 Å². The number of carbonyl (C=O) groups excluding carboxylic acids is 2. The zero-order chi connectivity index (χ0) is 12.8. The van der Waals surface area contributed by atoms with Gasteiger partial charge in [0, 0.05) is 4.88 Å². The van der Waals surface area contributed by atoms with Crippen molar-refractivity contribution in [2.45, 2.75) is 20.4 Å². The van der Waals surface area contributed by atoms with Gasteiger partial charge < -0.3 is 10.1 Å². The molecule has 0 bridgehead atoms. The van der Waals surface area contributed by atoms with E-state index in [0.29, 0.717) is 6.54 Å². The molecule has 0 spiro atoms. The average molecular weight is 255 g/mol. The summed E-state index contributed by atoms with van der Waals surface area (Å²) in [6.45, 7) is 4.11. The first-order valence-corrected chi connectivity index (χ1v) is 6.32. The van der Waals surface area contributed by atoms with Gasteiger partial charge in [-0.25, -0.2) is 0 Å². The van der Waals surface area contributed by atoms with Crippen molar-refractivity contribution >= 4 is 23.2 Å². The zero-order valence-corrected chi connectivity index (χ0v) is 11.0. The Morgan fingerprint density at radius 2 is 2.18 bits per heavy atom. The maximum absolute atomic E-state index is 11.9. The standard InChI is InChI=1S/C12H17NO3S/c1-8(2)10(12(15)16-3)11(14)13-7-9-5-4-6-17-9/h4-6,8,10H,7H2,1-3H3,(H,13,14). The summed E-state index contributed by atoms with van der Waals surface area (Å²) in [7, 11) is 1.30. The van der Waals surface area contributed by atoms with Gasteiger partial charge in [-0.2, -0.15) is 0 Å². The molecule has 1 aromatic rings. The maximum atomic E-state index is 11.9. The summed E-state index contributed by atoms with van der Waals surface area (Å²) in [6.07, 6.45) is 0. The molecule has 1 heterocycles. The average Bonchev–Trinajstić information content (AvgIpc) is 2.78. The summed E-state index contributed by atoms with van der Waals surface area (Å²) in [5, 5.41) is 4.70. The molecule has 0 saturated heterocycles. The summed E-state index contributed by atoms with van der Waals surface area (Å²) in [6, 6.07) is 3.86. The van der Waals surface area contributed by atoms with Gasteiger partial charge in [0.2, 0.25) is 5.91 Å². The largest absolute Gasteiger partial charge is 0.468 e. The molecule has 1 amide bonds. The second-order valence-corrected chi connectivity index (χ2v) is 5.07. The van der Waals surface area contributed by atoms with Crippen molar-refractivity contribution in [3.05, 3.63) is 22.4 Å². The molecule has 0 fully saturated rings. The van der Waals surface area contributed by atoms with E-state index in [-0.39, 0.29) is 11.8 Å². The Kier molecular flexibility index (Phi) is 5.15. The van der Waals surface area contributed by atoms with Crippen LogP contribution in [0.1, 0.15) is 18.7 Å². The number of nitrogens with one attached hydrogen (secondary N) is 1. The number of rotatable bonds is 5. The van der Waals surface area contributed by atoms with Crippen LogP contribution in [0.5, 0.6) is 0 Å². The van der Waals surface area contributed by atoms with E-state index in [1.165, 1.54) is 7.11 Å². The van der Waals surface area contributed by atoms with Crippen LogP contribution in [0.3, 0.4) is 0 Å². The van der Waals surface area contributed by atoms with Gasteiger partial charge in [0.25, 0.3) is 0 Å². The Bertz CT molecular complexity index is 373. The Morgan fingerprint density at radius 1 is 1.47 bits per heavy atom.